The highest BCUT2D eigenvalue weighted by Gasteiger charge is 2.27. The van der Waals surface area contributed by atoms with Gasteiger partial charge in [0.15, 0.2) is 0 Å². The molecule has 2 aromatic carbocycles. The Morgan fingerprint density at radius 2 is 1.70 bits per heavy atom. The first-order chi connectivity index (χ1) is 11.4. The Hall–Kier alpha value is -2.34. The molecule has 23 heavy (non-hydrogen) atoms. The molecule has 4 rings (SSSR count). The van der Waals surface area contributed by atoms with Crippen molar-refractivity contribution in [2.45, 2.75) is 31.1 Å². The zero-order valence-electron chi connectivity index (χ0n) is 13.4. The summed E-state index contributed by atoms with van der Waals surface area (Å²) in [6, 6.07) is 17.7. The molecule has 0 N–H and O–H groups in total. The Morgan fingerprint density at radius 1 is 0.913 bits per heavy atom. The fourth-order valence-electron chi connectivity index (χ4n) is 4.01. The summed E-state index contributed by atoms with van der Waals surface area (Å²) in [5.74, 6) is 1.08. The van der Waals surface area contributed by atoms with Crippen LogP contribution < -0.4 is 0 Å². The lowest BCUT2D eigenvalue weighted by Crippen LogP contribution is -2.00. The zero-order valence-corrected chi connectivity index (χ0v) is 13.4. The molecule has 0 fully saturated rings. The van der Waals surface area contributed by atoms with Crippen LogP contribution >= 0.6 is 0 Å². The first-order valence-corrected chi connectivity index (χ1v) is 8.55. The van der Waals surface area contributed by atoms with Crippen molar-refractivity contribution < 1.29 is 0 Å². The van der Waals surface area contributed by atoms with E-state index >= 15 is 0 Å². The van der Waals surface area contributed by atoms with Gasteiger partial charge in [0.25, 0.3) is 0 Å². The van der Waals surface area contributed by atoms with Crippen molar-refractivity contribution in [3.05, 3.63) is 95.6 Å². The molecule has 0 bridgehead atoms. The lowest BCUT2D eigenvalue weighted by molar-refractivity contribution is 0.686. The van der Waals surface area contributed by atoms with Gasteiger partial charge in [0.05, 0.1) is 0 Å². The van der Waals surface area contributed by atoms with Crippen LogP contribution in [0, 0.1) is 0 Å². The molecule has 2 aliphatic rings. The van der Waals surface area contributed by atoms with Gasteiger partial charge in [-0.25, -0.2) is 0 Å². The molecule has 0 amide bonds. The predicted octanol–water partition coefficient (Wildman–Crippen LogP) is 6.33. The minimum atomic E-state index is 0.534. The summed E-state index contributed by atoms with van der Waals surface area (Å²) < 4.78 is 0. The van der Waals surface area contributed by atoms with Gasteiger partial charge >= 0.3 is 0 Å². The maximum Gasteiger partial charge on any atom is 0.00388 e. The second-order valence-corrected chi connectivity index (χ2v) is 6.54. The molecule has 0 aliphatic heterocycles. The highest BCUT2D eigenvalue weighted by Crippen LogP contribution is 2.44. The summed E-state index contributed by atoms with van der Waals surface area (Å²) in [6.45, 7) is 3.87. The molecule has 2 unspecified atom stereocenters. The lowest BCUT2D eigenvalue weighted by atomic mass is 9.87. The van der Waals surface area contributed by atoms with Crippen molar-refractivity contribution in [3.8, 4) is 0 Å². The normalized spacial score (nSPS) is 21.0. The maximum atomic E-state index is 3.87. The van der Waals surface area contributed by atoms with Gasteiger partial charge in [-0.3, -0.25) is 0 Å². The van der Waals surface area contributed by atoms with E-state index in [1.54, 1.807) is 0 Å². The Kier molecular flexibility index (Phi) is 3.75. The summed E-state index contributed by atoms with van der Waals surface area (Å²) in [6.07, 6.45) is 12.5. The standard InChI is InChI=1S/C23H22/c1-2-3-8-18-15-20(23-12-7-6-11-22(18)23)16-19-14-13-17-9-4-5-10-21(17)19/h2,4-7,9-15,19-20H,1,3,8,16H2. The molecule has 0 spiro atoms. The number of hydrogen-bond donors (Lipinski definition) is 0. The van der Waals surface area contributed by atoms with E-state index in [1.165, 1.54) is 34.2 Å². The van der Waals surface area contributed by atoms with Crippen LogP contribution in [0.3, 0.4) is 0 Å². The second-order valence-electron chi connectivity index (χ2n) is 6.54. The highest BCUT2D eigenvalue weighted by molar-refractivity contribution is 5.75. The monoisotopic (exact) mass is 298 g/mol. The number of fused-ring (bicyclic) bond motifs is 2. The Morgan fingerprint density at radius 3 is 2.57 bits per heavy atom. The van der Waals surface area contributed by atoms with Crippen molar-refractivity contribution >= 4 is 11.6 Å². The van der Waals surface area contributed by atoms with E-state index in [1.807, 2.05) is 6.08 Å². The van der Waals surface area contributed by atoms with Gasteiger partial charge in [0.1, 0.15) is 0 Å². The van der Waals surface area contributed by atoms with Crippen molar-refractivity contribution in [3.63, 3.8) is 0 Å². The summed E-state index contributed by atoms with van der Waals surface area (Å²) in [5.41, 5.74) is 7.33. The van der Waals surface area contributed by atoms with Gasteiger partial charge in [-0.15, -0.1) is 6.58 Å². The molecule has 0 aromatic heterocycles. The number of allylic oxidation sites excluding steroid dienone is 4. The fourth-order valence-corrected chi connectivity index (χ4v) is 4.01. The second kappa shape index (κ2) is 6.04. The van der Waals surface area contributed by atoms with E-state index in [0.717, 1.165) is 12.8 Å². The molecule has 2 aliphatic carbocycles. The quantitative estimate of drug-likeness (QED) is 0.565. The summed E-state index contributed by atoms with van der Waals surface area (Å²) in [7, 11) is 0. The minimum absolute atomic E-state index is 0.534. The SMILES string of the molecule is C=CCCC1=CC(CC2C=Cc3ccccc32)c2ccccc21. The number of rotatable bonds is 5. The highest BCUT2D eigenvalue weighted by atomic mass is 14.3. The van der Waals surface area contributed by atoms with Crippen LogP contribution in [0.5, 0.6) is 0 Å². The summed E-state index contributed by atoms with van der Waals surface area (Å²) >= 11 is 0. The average molecular weight is 298 g/mol. The van der Waals surface area contributed by atoms with Crippen LogP contribution in [0.1, 0.15) is 53.4 Å². The van der Waals surface area contributed by atoms with Crippen LogP contribution in [0.2, 0.25) is 0 Å². The smallest absolute Gasteiger partial charge is 0.00388 e. The number of benzene rings is 2. The van der Waals surface area contributed by atoms with Crippen LogP contribution in [0.25, 0.3) is 11.6 Å². The third-order valence-electron chi connectivity index (χ3n) is 5.14. The molecule has 0 saturated heterocycles. The molecule has 0 heteroatoms. The molecule has 0 heterocycles. The van der Waals surface area contributed by atoms with Crippen LogP contribution in [-0.4, -0.2) is 0 Å². The van der Waals surface area contributed by atoms with Crippen molar-refractivity contribution in [2.75, 3.05) is 0 Å². The zero-order chi connectivity index (χ0) is 15.6. The van der Waals surface area contributed by atoms with Gasteiger partial charge in [-0.1, -0.05) is 72.8 Å². The van der Waals surface area contributed by atoms with Crippen LogP contribution in [-0.2, 0) is 0 Å². The van der Waals surface area contributed by atoms with Gasteiger partial charge in [0.2, 0.25) is 0 Å². The molecule has 0 radical (unpaired) electrons. The van der Waals surface area contributed by atoms with E-state index in [-0.39, 0.29) is 0 Å². The third kappa shape index (κ3) is 2.59. The van der Waals surface area contributed by atoms with Gasteiger partial charge in [-0.05, 0) is 47.1 Å². The largest absolute Gasteiger partial charge is 0.103 e. The Bertz CT molecular complexity index is 791. The third-order valence-corrected chi connectivity index (χ3v) is 5.14. The maximum absolute atomic E-state index is 3.87. The van der Waals surface area contributed by atoms with E-state index in [9.17, 15) is 0 Å². The summed E-state index contributed by atoms with van der Waals surface area (Å²) in [4.78, 5) is 0. The summed E-state index contributed by atoms with van der Waals surface area (Å²) in [5, 5.41) is 0. The molecular formula is C23H22. The molecule has 0 saturated carbocycles. The van der Waals surface area contributed by atoms with Crippen molar-refractivity contribution in [1.29, 1.82) is 0 Å². The van der Waals surface area contributed by atoms with Gasteiger partial charge in [-0.2, -0.15) is 0 Å². The predicted molar refractivity (Wildman–Crippen MR) is 99.4 cm³/mol. The Labute approximate surface area is 138 Å². The van der Waals surface area contributed by atoms with Gasteiger partial charge in [0, 0.05) is 11.8 Å². The van der Waals surface area contributed by atoms with E-state index in [2.05, 4.69) is 73.3 Å². The number of hydrogen-bond acceptors (Lipinski definition) is 0. The molecule has 0 nitrogen and oxygen atoms in total. The topological polar surface area (TPSA) is 0 Å². The molecule has 2 aromatic rings. The van der Waals surface area contributed by atoms with Gasteiger partial charge < -0.3 is 0 Å². The van der Waals surface area contributed by atoms with Crippen molar-refractivity contribution in [1.82, 2.24) is 0 Å². The lowest BCUT2D eigenvalue weighted by Gasteiger charge is -2.16. The van der Waals surface area contributed by atoms with E-state index in [0.29, 0.717) is 11.8 Å². The molecule has 114 valence electrons. The Balaban J connectivity index is 1.61. The minimum Gasteiger partial charge on any atom is -0.103 e. The van der Waals surface area contributed by atoms with E-state index < -0.39 is 0 Å². The molecule has 2 atom stereocenters. The average Bonchev–Trinajstić information content (AvgIpc) is 3.16. The fraction of sp³-hybridized carbons (Fsp3) is 0.217. The molecular weight excluding hydrogens is 276 g/mol. The van der Waals surface area contributed by atoms with Crippen molar-refractivity contribution in [2.24, 2.45) is 0 Å². The van der Waals surface area contributed by atoms with Crippen LogP contribution in [0.15, 0.2) is 73.3 Å². The first kappa shape index (κ1) is 14.3. The first-order valence-electron chi connectivity index (χ1n) is 8.55. The van der Waals surface area contributed by atoms with Crippen LogP contribution in [0.4, 0.5) is 0 Å². The van der Waals surface area contributed by atoms with E-state index in [4.69, 9.17) is 0 Å².